The van der Waals surface area contributed by atoms with Gasteiger partial charge >= 0.3 is 0 Å². The summed E-state index contributed by atoms with van der Waals surface area (Å²) in [5.74, 6) is -0.289. The number of nitrogen functional groups attached to an aromatic ring is 1. The van der Waals surface area contributed by atoms with Crippen LogP contribution in [0.4, 0.5) is 21.5 Å². The van der Waals surface area contributed by atoms with E-state index in [1.165, 1.54) is 12.1 Å². The predicted octanol–water partition coefficient (Wildman–Crippen LogP) is 3.63. The molecule has 0 spiro atoms. The Morgan fingerprint density at radius 2 is 1.89 bits per heavy atom. The van der Waals surface area contributed by atoms with Crippen molar-refractivity contribution in [1.82, 2.24) is 0 Å². The molecule has 0 aliphatic heterocycles. The van der Waals surface area contributed by atoms with E-state index in [1.807, 2.05) is 22.6 Å². The summed E-state index contributed by atoms with van der Waals surface area (Å²) >= 11 is 2.03. The number of hydrogen-bond acceptors (Lipinski definition) is 3. The molecule has 2 aromatic rings. The van der Waals surface area contributed by atoms with Gasteiger partial charge in [-0.25, -0.2) is 4.39 Å². The largest absolute Gasteiger partial charge is 0.399 e. The molecule has 0 bridgehead atoms. The lowest BCUT2D eigenvalue weighted by atomic mass is 10.1. The van der Waals surface area contributed by atoms with Crippen molar-refractivity contribution in [3.05, 3.63) is 51.3 Å². The highest BCUT2D eigenvalue weighted by atomic mass is 127. The smallest absolute Gasteiger partial charge is 0.124 e. The van der Waals surface area contributed by atoms with Crippen molar-refractivity contribution in [2.75, 3.05) is 11.1 Å². The fraction of sp³-hybridized carbons (Fsp3) is 0. The van der Waals surface area contributed by atoms with Gasteiger partial charge in [0.1, 0.15) is 11.9 Å². The third-order valence-electron chi connectivity index (χ3n) is 2.36. The minimum Gasteiger partial charge on any atom is -0.399 e. The number of nitrogens with one attached hydrogen (secondary N) is 1. The van der Waals surface area contributed by atoms with Crippen molar-refractivity contribution in [1.29, 1.82) is 5.26 Å². The van der Waals surface area contributed by atoms with Crippen LogP contribution < -0.4 is 11.1 Å². The number of anilines is 3. The minimum atomic E-state index is -0.289. The van der Waals surface area contributed by atoms with Gasteiger partial charge in [0.25, 0.3) is 0 Å². The Bertz CT molecular complexity index is 635. The van der Waals surface area contributed by atoms with Crippen molar-refractivity contribution >= 4 is 39.7 Å². The van der Waals surface area contributed by atoms with E-state index in [0.29, 0.717) is 16.9 Å². The molecule has 0 heterocycles. The van der Waals surface area contributed by atoms with E-state index in [0.717, 1.165) is 9.26 Å². The first-order valence-corrected chi connectivity index (χ1v) is 6.20. The van der Waals surface area contributed by atoms with Crippen LogP contribution in [0.1, 0.15) is 5.56 Å². The van der Waals surface area contributed by atoms with Crippen molar-refractivity contribution < 1.29 is 4.39 Å². The maximum atomic E-state index is 13.0. The highest BCUT2D eigenvalue weighted by Gasteiger charge is 2.06. The molecule has 0 aliphatic carbocycles. The molecule has 0 fully saturated rings. The molecule has 3 nitrogen and oxygen atoms in total. The van der Waals surface area contributed by atoms with Gasteiger partial charge in [-0.1, -0.05) is 0 Å². The molecule has 0 saturated carbocycles. The summed E-state index contributed by atoms with van der Waals surface area (Å²) in [6, 6.07) is 11.5. The number of benzene rings is 2. The molecule has 0 unspecified atom stereocenters. The maximum absolute atomic E-state index is 13.0. The molecule has 0 aliphatic rings. The van der Waals surface area contributed by atoms with Gasteiger partial charge in [-0.3, -0.25) is 0 Å². The van der Waals surface area contributed by atoms with E-state index >= 15 is 0 Å². The predicted molar refractivity (Wildman–Crippen MR) is 78.0 cm³/mol. The van der Waals surface area contributed by atoms with Crippen molar-refractivity contribution in [2.45, 2.75) is 0 Å². The standard InChI is InChI=1S/C13H9FIN3/c14-9-1-3-13(11(15)6-9)18-12-4-2-10(17)5-8(12)7-16/h1-6,18H,17H2. The summed E-state index contributed by atoms with van der Waals surface area (Å²) in [5.41, 5.74) is 8.00. The van der Waals surface area contributed by atoms with Gasteiger partial charge in [0, 0.05) is 9.26 Å². The normalized spacial score (nSPS) is 9.83. The SMILES string of the molecule is N#Cc1cc(N)ccc1Nc1ccc(F)cc1I. The van der Waals surface area contributed by atoms with Crippen LogP contribution >= 0.6 is 22.6 Å². The molecule has 0 atom stereocenters. The van der Waals surface area contributed by atoms with Crippen molar-refractivity contribution in [2.24, 2.45) is 0 Å². The fourth-order valence-corrected chi connectivity index (χ4v) is 2.11. The monoisotopic (exact) mass is 353 g/mol. The first-order chi connectivity index (χ1) is 8.60. The van der Waals surface area contributed by atoms with Crippen LogP contribution in [0.5, 0.6) is 0 Å². The Morgan fingerprint density at radius 1 is 1.17 bits per heavy atom. The zero-order chi connectivity index (χ0) is 13.1. The van der Waals surface area contributed by atoms with Crippen LogP contribution in [0, 0.1) is 20.7 Å². The summed E-state index contributed by atoms with van der Waals surface area (Å²) in [7, 11) is 0. The van der Waals surface area contributed by atoms with Crippen LogP contribution in [-0.4, -0.2) is 0 Å². The van der Waals surface area contributed by atoms with Gasteiger partial charge in [0.15, 0.2) is 0 Å². The number of nitrogens with two attached hydrogens (primary N) is 1. The Hall–Kier alpha value is -1.81. The lowest BCUT2D eigenvalue weighted by molar-refractivity contribution is 0.627. The summed E-state index contributed by atoms with van der Waals surface area (Å²) in [6.45, 7) is 0. The molecule has 90 valence electrons. The molecule has 0 aromatic heterocycles. The van der Waals surface area contributed by atoms with Gasteiger partial charge < -0.3 is 11.1 Å². The average Bonchev–Trinajstić information content (AvgIpc) is 2.34. The summed E-state index contributed by atoms with van der Waals surface area (Å²) in [4.78, 5) is 0. The summed E-state index contributed by atoms with van der Waals surface area (Å²) < 4.78 is 13.7. The number of hydrogen-bond donors (Lipinski definition) is 2. The van der Waals surface area contributed by atoms with Gasteiger partial charge in [-0.2, -0.15) is 5.26 Å². The van der Waals surface area contributed by atoms with Crippen LogP contribution in [0.25, 0.3) is 0 Å². The Morgan fingerprint density at radius 3 is 2.56 bits per heavy atom. The zero-order valence-electron chi connectivity index (χ0n) is 9.24. The Labute approximate surface area is 118 Å². The van der Waals surface area contributed by atoms with Gasteiger partial charge in [-0.05, 0) is 59.0 Å². The third kappa shape index (κ3) is 2.71. The van der Waals surface area contributed by atoms with E-state index in [4.69, 9.17) is 11.0 Å². The second kappa shape index (κ2) is 5.23. The number of nitriles is 1. The molecule has 2 aromatic carbocycles. The van der Waals surface area contributed by atoms with E-state index in [2.05, 4.69) is 11.4 Å². The molecular weight excluding hydrogens is 344 g/mol. The van der Waals surface area contributed by atoms with Crippen LogP contribution in [-0.2, 0) is 0 Å². The molecule has 0 amide bonds. The first-order valence-electron chi connectivity index (χ1n) is 5.12. The van der Waals surface area contributed by atoms with E-state index in [9.17, 15) is 4.39 Å². The Balaban J connectivity index is 2.37. The highest BCUT2D eigenvalue weighted by molar-refractivity contribution is 14.1. The molecular formula is C13H9FIN3. The minimum absolute atomic E-state index is 0.289. The molecule has 5 heteroatoms. The number of halogens is 2. The molecule has 18 heavy (non-hydrogen) atoms. The first kappa shape index (κ1) is 12.6. The van der Waals surface area contributed by atoms with Crippen LogP contribution in [0.2, 0.25) is 0 Å². The van der Waals surface area contributed by atoms with E-state index in [-0.39, 0.29) is 5.82 Å². The number of nitrogens with zero attached hydrogens (tertiary/aromatic N) is 1. The molecule has 0 saturated heterocycles. The van der Waals surface area contributed by atoms with E-state index in [1.54, 1.807) is 24.3 Å². The van der Waals surface area contributed by atoms with Crippen molar-refractivity contribution in [3.63, 3.8) is 0 Å². The molecule has 2 rings (SSSR count). The average molecular weight is 353 g/mol. The lowest BCUT2D eigenvalue weighted by Crippen LogP contribution is -1.97. The van der Waals surface area contributed by atoms with Crippen LogP contribution in [0.15, 0.2) is 36.4 Å². The topological polar surface area (TPSA) is 61.8 Å². The van der Waals surface area contributed by atoms with Gasteiger partial charge in [0.2, 0.25) is 0 Å². The van der Waals surface area contributed by atoms with Crippen LogP contribution in [0.3, 0.4) is 0 Å². The molecule has 3 N–H and O–H groups in total. The summed E-state index contributed by atoms with van der Waals surface area (Å²) in [6.07, 6.45) is 0. The highest BCUT2D eigenvalue weighted by Crippen LogP contribution is 2.26. The third-order valence-corrected chi connectivity index (χ3v) is 3.26. The Kier molecular flexibility index (Phi) is 3.67. The lowest BCUT2D eigenvalue weighted by Gasteiger charge is -2.10. The zero-order valence-corrected chi connectivity index (χ0v) is 11.4. The number of rotatable bonds is 2. The fourth-order valence-electron chi connectivity index (χ4n) is 1.50. The van der Waals surface area contributed by atoms with E-state index < -0.39 is 0 Å². The summed E-state index contributed by atoms with van der Waals surface area (Å²) in [5, 5.41) is 12.1. The quantitative estimate of drug-likeness (QED) is 0.640. The maximum Gasteiger partial charge on any atom is 0.124 e. The van der Waals surface area contributed by atoms with Gasteiger partial charge in [0.05, 0.1) is 16.9 Å². The van der Waals surface area contributed by atoms with Gasteiger partial charge in [-0.15, -0.1) is 0 Å². The van der Waals surface area contributed by atoms with Crippen molar-refractivity contribution in [3.8, 4) is 6.07 Å². The molecule has 0 radical (unpaired) electrons. The second-order valence-corrected chi connectivity index (χ2v) is 4.83. The second-order valence-electron chi connectivity index (χ2n) is 3.67.